The van der Waals surface area contributed by atoms with Crippen LogP contribution in [0.25, 0.3) is 0 Å². The van der Waals surface area contributed by atoms with E-state index in [4.69, 9.17) is 19.9 Å². The summed E-state index contributed by atoms with van der Waals surface area (Å²) in [5, 5.41) is 0. The van der Waals surface area contributed by atoms with E-state index in [0.717, 1.165) is 5.57 Å². The maximum atomic E-state index is 12.7. The largest absolute Gasteiger partial charge is 0.496 e. The Kier molecular flexibility index (Phi) is 10.2. The fourth-order valence-corrected chi connectivity index (χ4v) is 2.33. The summed E-state index contributed by atoms with van der Waals surface area (Å²) in [5.41, 5.74) is 7.09. The van der Waals surface area contributed by atoms with Crippen molar-refractivity contribution >= 4 is 12.2 Å². The van der Waals surface area contributed by atoms with Gasteiger partial charge in [0.05, 0.1) is 31.3 Å². The first-order chi connectivity index (χ1) is 13.7. The van der Waals surface area contributed by atoms with Crippen molar-refractivity contribution in [2.75, 3.05) is 39.3 Å². The Morgan fingerprint density at radius 1 is 1.28 bits per heavy atom. The Labute approximate surface area is 167 Å². The summed E-state index contributed by atoms with van der Waals surface area (Å²) in [4.78, 5) is 28.7. The Bertz CT molecular complexity index is 791. The molecule has 1 aromatic rings. The first kappa shape index (κ1) is 24.4. The number of methoxy groups -OCH3 is 1. The molecule has 10 heteroatoms. The number of aromatic nitrogens is 2. The lowest BCUT2D eigenvalue weighted by atomic mass is 10.1. The van der Waals surface area contributed by atoms with Gasteiger partial charge in [0, 0.05) is 25.5 Å². The molecule has 0 unspecified atom stereocenters. The standard InChI is InChI=1S/C19H27F2N3O5/c1-13(29-9-8-28-7-6-19(20,21)12-25)4-5-15(11-27-3)10-16-14(2)23-18(22)24-17(16)26/h4-5,12H,6-11H2,1-3H3,(H3,22,23,24,26)/b13-4+,15-5-. The smallest absolute Gasteiger partial charge is 0.304 e. The molecule has 1 aromatic heterocycles. The lowest BCUT2D eigenvalue weighted by molar-refractivity contribution is -0.131. The first-order valence-corrected chi connectivity index (χ1v) is 8.93. The Morgan fingerprint density at radius 2 is 2.00 bits per heavy atom. The van der Waals surface area contributed by atoms with Gasteiger partial charge in [0.25, 0.3) is 5.56 Å². The third-order valence-electron chi connectivity index (χ3n) is 3.84. The van der Waals surface area contributed by atoms with Gasteiger partial charge in [-0.25, -0.2) is 4.98 Å². The summed E-state index contributed by atoms with van der Waals surface area (Å²) in [6.45, 7) is 3.79. The van der Waals surface area contributed by atoms with Crippen LogP contribution in [0.15, 0.2) is 28.3 Å². The Morgan fingerprint density at radius 3 is 2.62 bits per heavy atom. The van der Waals surface area contributed by atoms with Crippen molar-refractivity contribution in [3.63, 3.8) is 0 Å². The van der Waals surface area contributed by atoms with Crippen LogP contribution >= 0.6 is 0 Å². The molecule has 162 valence electrons. The summed E-state index contributed by atoms with van der Waals surface area (Å²) in [6.07, 6.45) is 2.77. The maximum Gasteiger partial charge on any atom is 0.304 e. The number of ether oxygens (including phenoxy) is 3. The lowest BCUT2D eigenvalue weighted by Crippen LogP contribution is -2.20. The predicted molar refractivity (Wildman–Crippen MR) is 104 cm³/mol. The second kappa shape index (κ2) is 12.1. The zero-order valence-corrected chi connectivity index (χ0v) is 16.8. The number of nitrogens with two attached hydrogens (primary N) is 1. The molecule has 0 aliphatic rings. The van der Waals surface area contributed by atoms with Gasteiger partial charge in [-0.15, -0.1) is 0 Å². The van der Waals surface area contributed by atoms with E-state index in [1.165, 1.54) is 0 Å². The molecule has 3 N–H and O–H groups in total. The Hall–Kier alpha value is -2.59. The highest BCUT2D eigenvalue weighted by Gasteiger charge is 2.27. The average Bonchev–Trinajstić information content (AvgIpc) is 2.65. The highest BCUT2D eigenvalue weighted by molar-refractivity contribution is 5.59. The molecule has 1 heterocycles. The third-order valence-corrected chi connectivity index (χ3v) is 3.84. The minimum atomic E-state index is -3.36. The molecule has 0 saturated heterocycles. The average molecular weight is 415 g/mol. The van der Waals surface area contributed by atoms with Crippen molar-refractivity contribution in [2.45, 2.75) is 32.6 Å². The number of nitrogen functional groups attached to an aromatic ring is 1. The molecule has 0 radical (unpaired) electrons. The summed E-state index contributed by atoms with van der Waals surface area (Å²) in [6, 6.07) is 0. The molecule has 8 nitrogen and oxygen atoms in total. The van der Waals surface area contributed by atoms with Gasteiger partial charge in [-0.05, 0) is 25.5 Å². The van der Waals surface area contributed by atoms with E-state index in [0.29, 0.717) is 30.0 Å². The van der Waals surface area contributed by atoms with Crippen LogP contribution in [0.4, 0.5) is 14.7 Å². The molecule has 0 aliphatic heterocycles. The fourth-order valence-electron chi connectivity index (χ4n) is 2.33. The molecule has 0 saturated carbocycles. The van der Waals surface area contributed by atoms with Gasteiger partial charge in [0.2, 0.25) is 5.95 Å². The molecule has 0 bridgehead atoms. The van der Waals surface area contributed by atoms with Crippen LogP contribution in [0, 0.1) is 6.92 Å². The van der Waals surface area contributed by atoms with Gasteiger partial charge < -0.3 is 19.9 Å². The molecule has 0 fully saturated rings. The van der Waals surface area contributed by atoms with Crippen LogP contribution in [-0.4, -0.2) is 55.7 Å². The summed E-state index contributed by atoms with van der Waals surface area (Å²) >= 11 is 0. The highest BCUT2D eigenvalue weighted by atomic mass is 19.3. The predicted octanol–water partition coefficient (Wildman–Crippen LogP) is 1.94. The van der Waals surface area contributed by atoms with Gasteiger partial charge in [-0.3, -0.25) is 14.6 Å². The highest BCUT2D eigenvalue weighted by Crippen LogP contribution is 2.14. The maximum absolute atomic E-state index is 12.7. The summed E-state index contributed by atoms with van der Waals surface area (Å²) in [7, 11) is 1.55. The number of hydrogen-bond donors (Lipinski definition) is 2. The van der Waals surface area contributed by atoms with Crippen molar-refractivity contribution in [2.24, 2.45) is 0 Å². The van der Waals surface area contributed by atoms with Gasteiger partial charge in [0.1, 0.15) is 6.61 Å². The number of alkyl halides is 2. The lowest BCUT2D eigenvalue weighted by Gasteiger charge is -2.10. The number of aldehydes is 1. The number of rotatable bonds is 13. The van der Waals surface area contributed by atoms with Crippen LogP contribution in [0.1, 0.15) is 24.6 Å². The number of aryl methyl sites for hydroxylation is 1. The van der Waals surface area contributed by atoms with E-state index in [9.17, 15) is 18.4 Å². The van der Waals surface area contributed by atoms with Crippen molar-refractivity contribution in [3.8, 4) is 0 Å². The van der Waals surface area contributed by atoms with Crippen LogP contribution in [0.3, 0.4) is 0 Å². The molecule has 0 aromatic carbocycles. The van der Waals surface area contributed by atoms with E-state index < -0.39 is 12.3 Å². The number of carbonyl (C=O) groups is 1. The number of anilines is 1. The molecule has 29 heavy (non-hydrogen) atoms. The second-order valence-corrected chi connectivity index (χ2v) is 6.32. The summed E-state index contributed by atoms with van der Waals surface area (Å²) < 4.78 is 41.1. The number of halogens is 2. The molecule has 0 spiro atoms. The van der Waals surface area contributed by atoms with Crippen LogP contribution in [0.5, 0.6) is 0 Å². The molecule has 0 atom stereocenters. The van der Waals surface area contributed by atoms with Crippen molar-refractivity contribution in [1.82, 2.24) is 9.97 Å². The fraction of sp³-hybridized carbons (Fsp3) is 0.526. The minimum Gasteiger partial charge on any atom is -0.496 e. The minimum absolute atomic E-state index is 0.0646. The zero-order valence-electron chi connectivity index (χ0n) is 16.8. The molecular weight excluding hydrogens is 388 g/mol. The van der Waals surface area contributed by atoms with Crippen LogP contribution < -0.4 is 11.3 Å². The number of nitrogens with zero attached hydrogens (tertiary/aromatic N) is 1. The number of aromatic amines is 1. The number of carbonyl (C=O) groups excluding carboxylic acids is 1. The third kappa shape index (κ3) is 9.44. The van der Waals surface area contributed by atoms with E-state index in [1.807, 2.05) is 0 Å². The van der Waals surface area contributed by atoms with Crippen molar-refractivity contribution < 1.29 is 27.8 Å². The van der Waals surface area contributed by atoms with Crippen molar-refractivity contribution in [3.05, 3.63) is 45.1 Å². The zero-order chi connectivity index (χ0) is 21.9. The van der Waals surface area contributed by atoms with Crippen molar-refractivity contribution in [1.29, 1.82) is 0 Å². The SMILES string of the molecule is COC/C(=C\C=C(/C)OCCOCCC(F)(F)C=O)Cc1c(C)nc(N)[nH]c1=O. The molecule has 0 amide bonds. The quantitative estimate of drug-likeness (QED) is 0.219. The first-order valence-electron chi connectivity index (χ1n) is 8.93. The van der Waals surface area contributed by atoms with Gasteiger partial charge in [-0.2, -0.15) is 8.78 Å². The summed E-state index contributed by atoms with van der Waals surface area (Å²) in [5.74, 6) is -2.73. The van der Waals surface area contributed by atoms with E-state index in [1.54, 1.807) is 33.1 Å². The molecular formula is C19H27F2N3O5. The second-order valence-electron chi connectivity index (χ2n) is 6.32. The number of nitrogens with one attached hydrogen (secondary N) is 1. The van der Waals surface area contributed by atoms with E-state index in [2.05, 4.69) is 9.97 Å². The van der Waals surface area contributed by atoms with Gasteiger partial charge >= 0.3 is 5.92 Å². The van der Waals surface area contributed by atoms with Crippen LogP contribution in [-0.2, 0) is 25.4 Å². The van der Waals surface area contributed by atoms with Gasteiger partial charge in [-0.1, -0.05) is 6.08 Å². The number of allylic oxidation sites excluding steroid dienone is 3. The molecule has 1 rings (SSSR count). The van der Waals surface area contributed by atoms with Gasteiger partial charge in [0.15, 0.2) is 6.29 Å². The molecule has 0 aliphatic carbocycles. The number of H-pyrrole nitrogens is 1. The van der Waals surface area contributed by atoms with E-state index >= 15 is 0 Å². The van der Waals surface area contributed by atoms with E-state index in [-0.39, 0.29) is 37.6 Å². The Balaban J connectivity index is 2.58. The normalized spacial score (nSPS) is 12.9. The topological polar surface area (TPSA) is 117 Å². The van der Waals surface area contributed by atoms with Crippen LogP contribution in [0.2, 0.25) is 0 Å². The number of hydrogen-bond acceptors (Lipinski definition) is 7. The monoisotopic (exact) mass is 415 g/mol.